The zero-order chi connectivity index (χ0) is 13.2. The molecule has 112 valence electrons. The van der Waals surface area contributed by atoms with Crippen LogP contribution in [0.2, 0.25) is 0 Å². The van der Waals surface area contributed by atoms with Crippen molar-refractivity contribution in [1.82, 2.24) is 4.90 Å². The van der Waals surface area contributed by atoms with Crippen LogP contribution in [-0.4, -0.2) is 29.9 Å². The van der Waals surface area contributed by atoms with Gasteiger partial charge in [0, 0.05) is 25.0 Å². The highest BCUT2D eigenvalue weighted by Gasteiger charge is 2.36. The van der Waals surface area contributed by atoms with Crippen molar-refractivity contribution in [1.29, 1.82) is 0 Å². The van der Waals surface area contributed by atoms with E-state index in [0.717, 1.165) is 32.4 Å². The molecule has 2 N–H and O–H groups in total. The molecular weight excluding hydrogens is 260 g/mol. The second-order valence-corrected chi connectivity index (χ2v) is 6.69. The normalized spacial score (nSPS) is 35.0. The summed E-state index contributed by atoms with van der Waals surface area (Å²) in [5.74, 6) is 0.592. The van der Waals surface area contributed by atoms with Gasteiger partial charge in [-0.05, 0) is 43.9 Å². The largest absolute Gasteiger partial charge is 0.342 e. The van der Waals surface area contributed by atoms with E-state index in [1.807, 2.05) is 0 Å². The van der Waals surface area contributed by atoms with Crippen LogP contribution in [0, 0.1) is 11.3 Å². The molecule has 0 radical (unpaired) electrons. The molecule has 4 heteroatoms. The standard InChI is InChI=1S/C15H28N2O.ClH/c1-3-7-15(2)8-4-9-17(11-15)14(18)12-5-6-13(16)10-12;/h12-13H,3-11,16H2,1-2H3;1H. The monoisotopic (exact) mass is 288 g/mol. The van der Waals surface area contributed by atoms with Gasteiger partial charge in [0.2, 0.25) is 5.91 Å². The van der Waals surface area contributed by atoms with Gasteiger partial charge in [-0.25, -0.2) is 0 Å². The molecular formula is C15H29ClN2O. The maximum absolute atomic E-state index is 12.5. The molecule has 2 fully saturated rings. The highest BCUT2D eigenvalue weighted by atomic mass is 35.5. The molecule has 3 unspecified atom stereocenters. The van der Waals surface area contributed by atoms with Crippen LogP contribution in [0.4, 0.5) is 0 Å². The van der Waals surface area contributed by atoms with Gasteiger partial charge in [0.15, 0.2) is 0 Å². The Bertz CT molecular complexity index is 307. The fraction of sp³-hybridized carbons (Fsp3) is 0.933. The number of amides is 1. The van der Waals surface area contributed by atoms with Gasteiger partial charge in [-0.1, -0.05) is 20.3 Å². The van der Waals surface area contributed by atoms with E-state index in [1.54, 1.807) is 0 Å². The molecule has 1 heterocycles. The lowest BCUT2D eigenvalue weighted by molar-refractivity contribution is -0.138. The van der Waals surface area contributed by atoms with Gasteiger partial charge in [-0.15, -0.1) is 12.4 Å². The number of nitrogens with zero attached hydrogens (tertiary/aromatic N) is 1. The third-order valence-corrected chi connectivity index (χ3v) is 4.77. The molecule has 1 aliphatic carbocycles. The van der Waals surface area contributed by atoms with Gasteiger partial charge in [0.05, 0.1) is 0 Å². The zero-order valence-electron chi connectivity index (χ0n) is 12.4. The summed E-state index contributed by atoms with van der Waals surface area (Å²) >= 11 is 0. The first-order chi connectivity index (χ1) is 8.54. The molecule has 0 aromatic rings. The smallest absolute Gasteiger partial charge is 0.225 e. The fourth-order valence-corrected chi connectivity index (χ4v) is 3.81. The van der Waals surface area contributed by atoms with Crippen LogP contribution in [0.1, 0.15) is 58.8 Å². The van der Waals surface area contributed by atoms with Gasteiger partial charge < -0.3 is 10.6 Å². The van der Waals surface area contributed by atoms with Crippen molar-refractivity contribution < 1.29 is 4.79 Å². The molecule has 0 bridgehead atoms. The third-order valence-electron chi connectivity index (χ3n) is 4.77. The number of carbonyl (C=O) groups is 1. The minimum atomic E-state index is 0. The van der Waals surface area contributed by atoms with Crippen LogP contribution >= 0.6 is 12.4 Å². The highest BCUT2D eigenvalue weighted by molar-refractivity contribution is 5.85. The maximum Gasteiger partial charge on any atom is 0.225 e. The summed E-state index contributed by atoms with van der Waals surface area (Å²) in [5, 5.41) is 0. The number of carbonyl (C=O) groups excluding carboxylic acids is 1. The molecule has 1 amide bonds. The first-order valence-electron chi connectivity index (χ1n) is 7.58. The van der Waals surface area contributed by atoms with Gasteiger partial charge in [-0.3, -0.25) is 4.79 Å². The van der Waals surface area contributed by atoms with Crippen molar-refractivity contribution >= 4 is 18.3 Å². The Morgan fingerprint density at radius 1 is 1.42 bits per heavy atom. The van der Waals surface area contributed by atoms with E-state index in [-0.39, 0.29) is 24.4 Å². The number of piperidine rings is 1. The molecule has 3 nitrogen and oxygen atoms in total. The number of hydrogen-bond acceptors (Lipinski definition) is 2. The number of hydrogen-bond donors (Lipinski definition) is 1. The van der Waals surface area contributed by atoms with Crippen LogP contribution in [0.3, 0.4) is 0 Å². The van der Waals surface area contributed by atoms with E-state index in [0.29, 0.717) is 11.3 Å². The quantitative estimate of drug-likeness (QED) is 0.868. The lowest BCUT2D eigenvalue weighted by Crippen LogP contribution is -2.46. The molecule has 2 aliphatic rings. The molecule has 0 spiro atoms. The van der Waals surface area contributed by atoms with Crippen molar-refractivity contribution in [2.24, 2.45) is 17.1 Å². The minimum absolute atomic E-state index is 0. The highest BCUT2D eigenvalue weighted by Crippen LogP contribution is 2.35. The van der Waals surface area contributed by atoms with Gasteiger partial charge in [0.1, 0.15) is 0 Å². The molecule has 1 saturated heterocycles. The minimum Gasteiger partial charge on any atom is -0.342 e. The Morgan fingerprint density at radius 3 is 2.74 bits per heavy atom. The summed E-state index contributed by atoms with van der Waals surface area (Å²) < 4.78 is 0. The van der Waals surface area contributed by atoms with Crippen molar-refractivity contribution in [2.75, 3.05) is 13.1 Å². The number of halogens is 1. The van der Waals surface area contributed by atoms with Crippen molar-refractivity contribution in [2.45, 2.75) is 64.8 Å². The van der Waals surface area contributed by atoms with Gasteiger partial charge in [-0.2, -0.15) is 0 Å². The molecule has 1 aliphatic heterocycles. The van der Waals surface area contributed by atoms with Crippen LogP contribution in [0.25, 0.3) is 0 Å². The Hall–Kier alpha value is -0.280. The summed E-state index contributed by atoms with van der Waals surface area (Å²) in [5.41, 5.74) is 6.27. The summed E-state index contributed by atoms with van der Waals surface area (Å²) in [6.07, 6.45) is 7.82. The van der Waals surface area contributed by atoms with Crippen molar-refractivity contribution in [3.63, 3.8) is 0 Å². The summed E-state index contributed by atoms with van der Waals surface area (Å²) in [7, 11) is 0. The predicted molar refractivity (Wildman–Crippen MR) is 81.4 cm³/mol. The summed E-state index contributed by atoms with van der Waals surface area (Å²) in [6.45, 7) is 6.51. The number of nitrogens with two attached hydrogens (primary N) is 1. The van der Waals surface area contributed by atoms with E-state index in [1.165, 1.54) is 25.7 Å². The van der Waals surface area contributed by atoms with Gasteiger partial charge >= 0.3 is 0 Å². The first-order valence-corrected chi connectivity index (χ1v) is 7.58. The molecule has 2 rings (SSSR count). The van der Waals surface area contributed by atoms with Crippen LogP contribution in [0.5, 0.6) is 0 Å². The second-order valence-electron chi connectivity index (χ2n) is 6.69. The topological polar surface area (TPSA) is 46.3 Å². The number of likely N-dealkylation sites (tertiary alicyclic amines) is 1. The second kappa shape index (κ2) is 6.94. The Balaban J connectivity index is 0.00000180. The maximum atomic E-state index is 12.5. The van der Waals surface area contributed by atoms with Crippen LogP contribution < -0.4 is 5.73 Å². The van der Waals surface area contributed by atoms with Gasteiger partial charge in [0.25, 0.3) is 0 Å². The van der Waals surface area contributed by atoms with Crippen LogP contribution in [-0.2, 0) is 4.79 Å². The third kappa shape index (κ3) is 4.09. The molecule has 0 aromatic heterocycles. The first kappa shape index (κ1) is 16.8. The Labute approximate surface area is 123 Å². The Morgan fingerprint density at radius 2 is 2.16 bits per heavy atom. The van der Waals surface area contributed by atoms with E-state index < -0.39 is 0 Å². The van der Waals surface area contributed by atoms with Crippen LogP contribution in [0.15, 0.2) is 0 Å². The van der Waals surface area contributed by atoms with E-state index in [4.69, 9.17) is 5.73 Å². The van der Waals surface area contributed by atoms with Crippen molar-refractivity contribution in [3.8, 4) is 0 Å². The lowest BCUT2D eigenvalue weighted by atomic mass is 9.78. The number of rotatable bonds is 3. The fourth-order valence-electron chi connectivity index (χ4n) is 3.81. The average molecular weight is 289 g/mol. The van der Waals surface area contributed by atoms with Crippen molar-refractivity contribution in [3.05, 3.63) is 0 Å². The molecule has 19 heavy (non-hydrogen) atoms. The molecule has 1 saturated carbocycles. The summed E-state index contributed by atoms with van der Waals surface area (Å²) in [4.78, 5) is 14.6. The van der Waals surface area contributed by atoms with E-state index in [2.05, 4.69) is 18.7 Å². The summed E-state index contributed by atoms with van der Waals surface area (Å²) in [6, 6.07) is 0.255. The van der Waals surface area contributed by atoms with E-state index in [9.17, 15) is 4.79 Å². The average Bonchev–Trinajstić information content (AvgIpc) is 2.75. The molecule has 0 aromatic carbocycles. The predicted octanol–water partition coefficient (Wildman–Crippen LogP) is 2.96. The SMILES string of the molecule is CCCC1(C)CCCN(C(=O)C2CCC(N)C2)C1.Cl. The Kier molecular flexibility index (Phi) is 6.13. The molecule has 3 atom stereocenters. The van der Waals surface area contributed by atoms with E-state index >= 15 is 0 Å². The zero-order valence-corrected chi connectivity index (χ0v) is 13.2. The lowest BCUT2D eigenvalue weighted by Gasteiger charge is -2.41.